The smallest absolute Gasteiger partial charge is 0.221 e. The number of anilines is 1. The van der Waals surface area contributed by atoms with Gasteiger partial charge in [0, 0.05) is 13.1 Å². The van der Waals surface area contributed by atoms with Crippen LogP contribution in [0, 0.1) is 19.3 Å². The summed E-state index contributed by atoms with van der Waals surface area (Å²) in [5, 5.41) is 0. The molecule has 98 valence electrons. The minimum Gasteiger partial charge on any atom is -0.481 e. The molecule has 1 aromatic rings. The summed E-state index contributed by atoms with van der Waals surface area (Å²) in [5.74, 6) is 2.58. The highest BCUT2D eigenvalue weighted by Crippen LogP contribution is 2.49. The normalized spacial score (nSPS) is 21.2. The molecule has 1 saturated heterocycles. The van der Waals surface area contributed by atoms with Crippen LogP contribution in [0.25, 0.3) is 0 Å². The molecule has 0 bridgehead atoms. The quantitative estimate of drug-likeness (QED) is 0.804. The molecule has 1 saturated carbocycles. The number of aromatic nitrogens is 2. The highest BCUT2D eigenvalue weighted by Gasteiger charge is 2.43. The van der Waals surface area contributed by atoms with Crippen LogP contribution in [-0.2, 0) is 0 Å². The van der Waals surface area contributed by atoms with E-state index in [1.54, 1.807) is 7.11 Å². The van der Waals surface area contributed by atoms with Gasteiger partial charge in [-0.2, -0.15) is 4.98 Å². The van der Waals surface area contributed by atoms with Gasteiger partial charge in [0.2, 0.25) is 5.88 Å². The fraction of sp³-hybridized carbons (Fsp3) is 0.714. The Hall–Kier alpha value is -1.32. The van der Waals surface area contributed by atoms with Crippen LogP contribution in [0.5, 0.6) is 5.88 Å². The van der Waals surface area contributed by atoms with Gasteiger partial charge in [-0.3, -0.25) is 0 Å². The maximum Gasteiger partial charge on any atom is 0.221 e. The molecule has 3 rings (SSSR count). The van der Waals surface area contributed by atoms with Gasteiger partial charge in [-0.25, -0.2) is 4.98 Å². The Morgan fingerprint density at radius 2 is 1.94 bits per heavy atom. The molecule has 0 atom stereocenters. The number of rotatable bonds is 2. The van der Waals surface area contributed by atoms with Crippen LogP contribution in [0.15, 0.2) is 0 Å². The van der Waals surface area contributed by atoms with Crippen molar-refractivity contribution in [3.63, 3.8) is 0 Å². The number of hydrogen-bond donors (Lipinski definition) is 0. The molecule has 2 heterocycles. The Bertz CT molecular complexity index is 468. The molecule has 0 amide bonds. The molecule has 0 unspecified atom stereocenters. The lowest BCUT2D eigenvalue weighted by atomic mass is 9.68. The predicted octanol–water partition coefficient (Wildman–Crippen LogP) is 2.48. The summed E-state index contributed by atoms with van der Waals surface area (Å²) in [6.07, 6.45) is 5.50. The molecule has 0 N–H and O–H groups in total. The van der Waals surface area contributed by atoms with Gasteiger partial charge >= 0.3 is 0 Å². The zero-order valence-electron chi connectivity index (χ0n) is 11.5. The summed E-state index contributed by atoms with van der Waals surface area (Å²) < 4.78 is 5.34. The molecule has 1 spiro atoms. The second-order valence-corrected chi connectivity index (χ2v) is 5.75. The van der Waals surface area contributed by atoms with E-state index in [2.05, 4.69) is 21.8 Å². The zero-order valence-corrected chi connectivity index (χ0v) is 11.5. The highest BCUT2D eigenvalue weighted by atomic mass is 16.5. The van der Waals surface area contributed by atoms with Gasteiger partial charge in [0.05, 0.1) is 12.7 Å². The molecule has 1 aliphatic carbocycles. The molecule has 2 aliphatic rings. The van der Waals surface area contributed by atoms with Crippen molar-refractivity contribution in [3.8, 4) is 5.88 Å². The van der Waals surface area contributed by atoms with E-state index in [0.717, 1.165) is 30.3 Å². The van der Waals surface area contributed by atoms with Gasteiger partial charge in [-0.1, -0.05) is 6.42 Å². The molecule has 1 aliphatic heterocycles. The lowest BCUT2D eigenvalue weighted by molar-refractivity contribution is 0.165. The van der Waals surface area contributed by atoms with Gasteiger partial charge in [0.15, 0.2) is 0 Å². The summed E-state index contributed by atoms with van der Waals surface area (Å²) in [5.41, 5.74) is 1.66. The second-order valence-electron chi connectivity index (χ2n) is 5.75. The van der Waals surface area contributed by atoms with Crippen LogP contribution in [0.3, 0.4) is 0 Å². The molecular weight excluding hydrogens is 226 g/mol. The van der Waals surface area contributed by atoms with Crippen LogP contribution in [0.1, 0.15) is 37.1 Å². The molecule has 4 nitrogen and oxygen atoms in total. The minimum atomic E-state index is 0.596. The fourth-order valence-electron chi connectivity index (χ4n) is 3.30. The monoisotopic (exact) mass is 247 g/mol. The van der Waals surface area contributed by atoms with E-state index in [-0.39, 0.29) is 0 Å². The predicted molar refractivity (Wildman–Crippen MR) is 71.2 cm³/mol. The second kappa shape index (κ2) is 4.11. The Morgan fingerprint density at radius 3 is 2.50 bits per heavy atom. The molecule has 0 aromatic carbocycles. The largest absolute Gasteiger partial charge is 0.481 e. The molecular formula is C14H21N3O. The number of hydrogen-bond acceptors (Lipinski definition) is 4. The molecule has 4 heteroatoms. The van der Waals surface area contributed by atoms with E-state index >= 15 is 0 Å². The first-order valence-corrected chi connectivity index (χ1v) is 6.78. The molecule has 0 radical (unpaired) electrons. The Morgan fingerprint density at radius 1 is 1.17 bits per heavy atom. The van der Waals surface area contributed by atoms with Crippen molar-refractivity contribution in [2.24, 2.45) is 5.41 Å². The Labute approximate surface area is 108 Å². The maximum atomic E-state index is 5.34. The van der Waals surface area contributed by atoms with Crippen molar-refractivity contribution in [1.82, 2.24) is 9.97 Å². The number of aryl methyl sites for hydroxylation is 1. The molecule has 2 fully saturated rings. The van der Waals surface area contributed by atoms with Crippen molar-refractivity contribution < 1.29 is 4.74 Å². The first-order valence-electron chi connectivity index (χ1n) is 6.78. The van der Waals surface area contributed by atoms with Gasteiger partial charge in [-0.15, -0.1) is 0 Å². The summed E-state index contributed by atoms with van der Waals surface area (Å²) in [7, 11) is 1.68. The van der Waals surface area contributed by atoms with Crippen molar-refractivity contribution in [1.29, 1.82) is 0 Å². The SMILES string of the molecule is COc1nc(C)nc(N2CCC3(CCC3)C2)c1C. The van der Waals surface area contributed by atoms with E-state index in [4.69, 9.17) is 4.74 Å². The van der Waals surface area contributed by atoms with E-state index in [9.17, 15) is 0 Å². The minimum absolute atomic E-state index is 0.596. The summed E-state index contributed by atoms with van der Waals surface area (Å²) >= 11 is 0. The average Bonchev–Trinajstić information content (AvgIpc) is 2.76. The van der Waals surface area contributed by atoms with Crippen LogP contribution in [0.4, 0.5) is 5.82 Å². The number of ether oxygens (including phenoxy) is 1. The summed E-state index contributed by atoms with van der Waals surface area (Å²) in [4.78, 5) is 11.4. The lowest BCUT2D eigenvalue weighted by Gasteiger charge is -2.38. The van der Waals surface area contributed by atoms with E-state index in [1.165, 1.54) is 25.7 Å². The number of methoxy groups -OCH3 is 1. The first kappa shape index (κ1) is 11.8. The van der Waals surface area contributed by atoms with E-state index in [1.807, 2.05) is 6.92 Å². The van der Waals surface area contributed by atoms with Crippen molar-refractivity contribution in [2.75, 3.05) is 25.1 Å². The van der Waals surface area contributed by atoms with E-state index < -0.39 is 0 Å². The fourth-order valence-corrected chi connectivity index (χ4v) is 3.30. The third-order valence-electron chi connectivity index (χ3n) is 4.53. The average molecular weight is 247 g/mol. The van der Waals surface area contributed by atoms with Crippen molar-refractivity contribution >= 4 is 5.82 Å². The first-order chi connectivity index (χ1) is 8.63. The highest BCUT2D eigenvalue weighted by molar-refractivity contribution is 5.52. The number of nitrogens with zero attached hydrogens (tertiary/aromatic N) is 3. The summed E-state index contributed by atoms with van der Waals surface area (Å²) in [6, 6.07) is 0. The lowest BCUT2D eigenvalue weighted by Crippen LogP contribution is -2.33. The molecule has 1 aromatic heterocycles. The van der Waals surface area contributed by atoms with Gasteiger partial charge in [-0.05, 0) is 38.5 Å². The third-order valence-corrected chi connectivity index (χ3v) is 4.53. The standard InChI is InChI=1S/C14H21N3O/c1-10-12(15-11(2)16-13(10)18-3)17-8-7-14(9-17)5-4-6-14/h4-9H2,1-3H3. The Balaban J connectivity index is 1.90. The topological polar surface area (TPSA) is 38.3 Å². The third kappa shape index (κ3) is 1.74. The van der Waals surface area contributed by atoms with Crippen LogP contribution >= 0.6 is 0 Å². The van der Waals surface area contributed by atoms with Crippen LogP contribution in [0.2, 0.25) is 0 Å². The van der Waals surface area contributed by atoms with Gasteiger partial charge in [0.1, 0.15) is 11.6 Å². The van der Waals surface area contributed by atoms with Crippen LogP contribution < -0.4 is 9.64 Å². The zero-order chi connectivity index (χ0) is 12.8. The molecule has 18 heavy (non-hydrogen) atoms. The van der Waals surface area contributed by atoms with Crippen molar-refractivity contribution in [2.45, 2.75) is 39.5 Å². The van der Waals surface area contributed by atoms with Crippen molar-refractivity contribution in [3.05, 3.63) is 11.4 Å². The maximum absolute atomic E-state index is 5.34. The van der Waals surface area contributed by atoms with Crippen LogP contribution in [-0.4, -0.2) is 30.2 Å². The van der Waals surface area contributed by atoms with E-state index in [0.29, 0.717) is 11.3 Å². The Kier molecular flexibility index (Phi) is 2.68. The van der Waals surface area contributed by atoms with Gasteiger partial charge in [0.25, 0.3) is 0 Å². The van der Waals surface area contributed by atoms with Gasteiger partial charge < -0.3 is 9.64 Å². The summed E-state index contributed by atoms with van der Waals surface area (Å²) in [6.45, 7) is 6.27.